The molecule has 2 aromatic rings. The summed E-state index contributed by atoms with van der Waals surface area (Å²) in [5.41, 5.74) is 3.45. The summed E-state index contributed by atoms with van der Waals surface area (Å²) < 4.78 is 5.23. The smallest absolute Gasteiger partial charge is 0.254 e. The number of benzene rings is 2. The Bertz CT molecular complexity index is 816. The highest BCUT2D eigenvalue weighted by atomic mass is 16.5. The van der Waals surface area contributed by atoms with E-state index in [1.165, 1.54) is 0 Å². The van der Waals surface area contributed by atoms with E-state index in [1.54, 1.807) is 35.1 Å². The number of ether oxygens (including phenoxy) is 1. The number of carbonyl (C=O) groups is 2. The van der Waals surface area contributed by atoms with E-state index in [2.05, 4.69) is 0 Å². The summed E-state index contributed by atoms with van der Waals surface area (Å²) in [5.74, 6) is 0.569. The minimum absolute atomic E-state index is 0.0564. The summed E-state index contributed by atoms with van der Waals surface area (Å²) in [6.45, 7) is 5.00. The first-order valence-electron chi connectivity index (χ1n) is 8.31. The Morgan fingerprint density at radius 2 is 1.80 bits per heavy atom. The largest absolute Gasteiger partial charge is 0.496 e. The quantitative estimate of drug-likeness (QED) is 0.865. The highest BCUT2D eigenvalue weighted by Gasteiger charge is 2.29. The van der Waals surface area contributed by atoms with Gasteiger partial charge in [-0.3, -0.25) is 9.59 Å². The zero-order valence-electron chi connectivity index (χ0n) is 14.8. The summed E-state index contributed by atoms with van der Waals surface area (Å²) >= 11 is 0. The zero-order valence-corrected chi connectivity index (χ0v) is 14.8. The van der Waals surface area contributed by atoms with Crippen LogP contribution in [-0.2, 0) is 4.79 Å². The number of hydrogen-bond acceptors (Lipinski definition) is 3. The second-order valence-corrected chi connectivity index (χ2v) is 6.24. The van der Waals surface area contributed by atoms with Gasteiger partial charge >= 0.3 is 0 Å². The SMILES string of the molecule is COc1ccc(C(=O)N2CCN(c3ccccc3C)C(=O)C2)cc1C. The predicted octanol–water partition coefficient (Wildman–Crippen LogP) is 2.80. The molecule has 5 heteroatoms. The summed E-state index contributed by atoms with van der Waals surface area (Å²) in [7, 11) is 1.60. The second kappa shape index (κ2) is 6.97. The lowest BCUT2D eigenvalue weighted by molar-refractivity contribution is -0.120. The van der Waals surface area contributed by atoms with E-state index in [1.807, 2.05) is 38.1 Å². The van der Waals surface area contributed by atoms with Gasteiger partial charge in [0.1, 0.15) is 12.3 Å². The lowest BCUT2D eigenvalue weighted by atomic mass is 10.1. The molecule has 1 saturated heterocycles. The summed E-state index contributed by atoms with van der Waals surface area (Å²) in [5, 5.41) is 0. The molecule has 0 unspecified atom stereocenters. The fraction of sp³-hybridized carbons (Fsp3) is 0.300. The third kappa shape index (κ3) is 3.36. The standard InChI is InChI=1S/C20H22N2O3/c1-14-6-4-5-7-17(14)22-11-10-21(13-19(22)23)20(24)16-8-9-18(25-3)15(2)12-16/h4-9,12H,10-11,13H2,1-3H3. The maximum atomic E-state index is 12.7. The molecule has 5 nitrogen and oxygen atoms in total. The van der Waals surface area contributed by atoms with Gasteiger partial charge in [-0.2, -0.15) is 0 Å². The molecule has 1 aliphatic heterocycles. The van der Waals surface area contributed by atoms with Crippen LogP contribution in [0.5, 0.6) is 5.75 Å². The summed E-state index contributed by atoms with van der Waals surface area (Å²) in [6, 6.07) is 13.1. The fourth-order valence-electron chi connectivity index (χ4n) is 3.16. The molecular weight excluding hydrogens is 316 g/mol. The molecule has 3 rings (SSSR count). The number of rotatable bonds is 3. The number of para-hydroxylation sites is 1. The molecule has 0 N–H and O–H groups in total. The Morgan fingerprint density at radius 3 is 2.44 bits per heavy atom. The third-order valence-electron chi connectivity index (χ3n) is 4.56. The molecule has 25 heavy (non-hydrogen) atoms. The monoisotopic (exact) mass is 338 g/mol. The van der Waals surface area contributed by atoms with E-state index in [0.29, 0.717) is 18.7 Å². The Kier molecular flexibility index (Phi) is 4.74. The van der Waals surface area contributed by atoms with Crippen LogP contribution >= 0.6 is 0 Å². The molecule has 0 bridgehead atoms. The van der Waals surface area contributed by atoms with Crippen LogP contribution in [0.1, 0.15) is 21.5 Å². The number of carbonyl (C=O) groups excluding carboxylic acids is 2. The molecule has 2 amide bonds. The van der Waals surface area contributed by atoms with Gasteiger partial charge in [0.25, 0.3) is 5.91 Å². The van der Waals surface area contributed by atoms with Crippen molar-refractivity contribution in [3.8, 4) is 5.75 Å². The first-order valence-corrected chi connectivity index (χ1v) is 8.31. The summed E-state index contributed by atoms with van der Waals surface area (Å²) in [6.07, 6.45) is 0. The minimum atomic E-state index is -0.122. The van der Waals surface area contributed by atoms with E-state index in [-0.39, 0.29) is 18.4 Å². The van der Waals surface area contributed by atoms with Crippen molar-refractivity contribution in [2.75, 3.05) is 31.6 Å². The fourth-order valence-corrected chi connectivity index (χ4v) is 3.16. The second-order valence-electron chi connectivity index (χ2n) is 6.24. The normalized spacial score (nSPS) is 14.6. The van der Waals surface area contributed by atoms with Gasteiger partial charge in [0.2, 0.25) is 5.91 Å². The van der Waals surface area contributed by atoms with Crippen molar-refractivity contribution in [3.63, 3.8) is 0 Å². The summed E-state index contributed by atoms with van der Waals surface area (Å²) in [4.78, 5) is 28.7. The van der Waals surface area contributed by atoms with Gasteiger partial charge in [0, 0.05) is 24.3 Å². The van der Waals surface area contributed by atoms with Crippen molar-refractivity contribution >= 4 is 17.5 Å². The van der Waals surface area contributed by atoms with E-state index >= 15 is 0 Å². The minimum Gasteiger partial charge on any atom is -0.496 e. The molecule has 2 aromatic carbocycles. The van der Waals surface area contributed by atoms with Crippen molar-refractivity contribution in [3.05, 3.63) is 59.2 Å². The van der Waals surface area contributed by atoms with Crippen LogP contribution in [0.3, 0.4) is 0 Å². The molecule has 1 fully saturated rings. The van der Waals surface area contributed by atoms with Gasteiger partial charge in [-0.15, -0.1) is 0 Å². The average Bonchev–Trinajstić information content (AvgIpc) is 2.61. The molecule has 0 saturated carbocycles. The van der Waals surface area contributed by atoms with Crippen molar-refractivity contribution in [1.82, 2.24) is 4.90 Å². The molecule has 1 heterocycles. The van der Waals surface area contributed by atoms with Crippen LogP contribution in [0.4, 0.5) is 5.69 Å². The molecule has 0 aliphatic carbocycles. The number of aryl methyl sites for hydroxylation is 2. The Balaban J connectivity index is 1.74. The first kappa shape index (κ1) is 17.0. The number of anilines is 1. The zero-order chi connectivity index (χ0) is 18.0. The van der Waals surface area contributed by atoms with E-state index in [4.69, 9.17) is 4.74 Å². The third-order valence-corrected chi connectivity index (χ3v) is 4.56. The number of amides is 2. The molecule has 0 atom stereocenters. The van der Waals surface area contributed by atoms with Crippen LogP contribution in [0.2, 0.25) is 0 Å². The van der Waals surface area contributed by atoms with Crippen molar-refractivity contribution in [2.24, 2.45) is 0 Å². The lowest BCUT2D eigenvalue weighted by Gasteiger charge is -2.35. The van der Waals surface area contributed by atoms with Crippen LogP contribution < -0.4 is 9.64 Å². The lowest BCUT2D eigenvalue weighted by Crippen LogP contribution is -2.52. The molecule has 0 spiro atoms. The van der Waals surface area contributed by atoms with Crippen molar-refractivity contribution in [1.29, 1.82) is 0 Å². The predicted molar refractivity (Wildman–Crippen MR) is 97.2 cm³/mol. The van der Waals surface area contributed by atoms with Gasteiger partial charge in [0.15, 0.2) is 0 Å². The molecular formula is C20H22N2O3. The highest BCUT2D eigenvalue weighted by Crippen LogP contribution is 2.23. The van der Waals surface area contributed by atoms with Crippen molar-refractivity contribution in [2.45, 2.75) is 13.8 Å². The van der Waals surface area contributed by atoms with Crippen LogP contribution in [0, 0.1) is 13.8 Å². The number of hydrogen-bond donors (Lipinski definition) is 0. The van der Waals surface area contributed by atoms with Gasteiger partial charge in [-0.25, -0.2) is 0 Å². The number of methoxy groups -OCH3 is 1. The van der Waals surface area contributed by atoms with E-state index < -0.39 is 0 Å². The molecule has 1 aliphatic rings. The Morgan fingerprint density at radius 1 is 1.04 bits per heavy atom. The van der Waals surface area contributed by atoms with Gasteiger partial charge in [-0.1, -0.05) is 18.2 Å². The number of piperazine rings is 1. The number of nitrogens with zero attached hydrogens (tertiary/aromatic N) is 2. The van der Waals surface area contributed by atoms with Gasteiger partial charge in [-0.05, 0) is 49.2 Å². The molecule has 0 radical (unpaired) electrons. The topological polar surface area (TPSA) is 49.9 Å². The Labute approximate surface area is 147 Å². The van der Waals surface area contributed by atoms with E-state index in [9.17, 15) is 9.59 Å². The first-order chi connectivity index (χ1) is 12.0. The van der Waals surface area contributed by atoms with Crippen LogP contribution in [-0.4, -0.2) is 43.5 Å². The van der Waals surface area contributed by atoms with Gasteiger partial charge in [0.05, 0.1) is 7.11 Å². The maximum Gasteiger partial charge on any atom is 0.254 e. The van der Waals surface area contributed by atoms with Crippen LogP contribution in [0.15, 0.2) is 42.5 Å². The van der Waals surface area contributed by atoms with Gasteiger partial charge < -0.3 is 14.5 Å². The molecule has 0 aromatic heterocycles. The van der Waals surface area contributed by atoms with Crippen LogP contribution in [0.25, 0.3) is 0 Å². The van der Waals surface area contributed by atoms with E-state index in [0.717, 1.165) is 22.6 Å². The maximum absolute atomic E-state index is 12.7. The van der Waals surface area contributed by atoms with Crippen molar-refractivity contribution < 1.29 is 14.3 Å². The Hall–Kier alpha value is -2.82. The average molecular weight is 338 g/mol. The highest BCUT2D eigenvalue weighted by molar-refractivity contribution is 6.02. The molecule has 130 valence electrons.